The van der Waals surface area contributed by atoms with Gasteiger partial charge in [-0.25, -0.2) is 9.79 Å². The zero-order valence-electron chi connectivity index (χ0n) is 20.3. The summed E-state index contributed by atoms with van der Waals surface area (Å²) in [6.07, 6.45) is 1.54. The Labute approximate surface area is 236 Å². The van der Waals surface area contributed by atoms with Crippen molar-refractivity contribution >= 4 is 63.6 Å². The number of carbonyl (C=O) groups is 2. The molecule has 0 radical (unpaired) electrons. The molecule has 39 heavy (non-hydrogen) atoms. The number of carbonyl (C=O) groups excluding carboxylic acids is 2. The van der Waals surface area contributed by atoms with Crippen molar-refractivity contribution in [1.82, 2.24) is 5.27 Å². The topological polar surface area (TPSA) is 109 Å². The van der Waals surface area contributed by atoms with E-state index in [1.807, 2.05) is 6.07 Å². The lowest BCUT2D eigenvalue weighted by Gasteiger charge is -2.17. The molecule has 2 heterocycles. The Morgan fingerprint density at radius 1 is 1.08 bits per heavy atom. The van der Waals surface area contributed by atoms with Crippen molar-refractivity contribution in [1.29, 1.82) is 0 Å². The minimum atomic E-state index is -0.822. The normalized spacial score (nSPS) is 14.1. The predicted molar refractivity (Wildman–Crippen MR) is 150 cm³/mol. The van der Waals surface area contributed by atoms with E-state index in [1.54, 1.807) is 72.8 Å². The Hall–Kier alpha value is -4.12. The Balaban J connectivity index is 1.45. The highest BCUT2D eigenvalue weighted by Crippen LogP contribution is 2.32. The van der Waals surface area contributed by atoms with E-state index in [-0.39, 0.29) is 22.3 Å². The second kappa shape index (κ2) is 11.3. The van der Waals surface area contributed by atoms with Crippen LogP contribution in [0.2, 0.25) is 10.0 Å². The van der Waals surface area contributed by atoms with Gasteiger partial charge in [-0.1, -0.05) is 65.3 Å². The average Bonchev–Trinajstić information content (AvgIpc) is 3.49. The molecular formula is C27H19Cl2N4O5S+. The summed E-state index contributed by atoms with van der Waals surface area (Å²) in [5.74, 6) is -0.508. The third kappa shape index (κ3) is 5.40. The molecule has 1 aromatic heterocycles. The Kier molecular flexibility index (Phi) is 7.69. The fourth-order valence-corrected chi connectivity index (χ4v) is 5.04. The maximum Gasteiger partial charge on any atom is 0.438 e. The maximum atomic E-state index is 13.4. The number of amides is 1. The number of para-hydroxylation sites is 1. The van der Waals surface area contributed by atoms with Gasteiger partial charge in [-0.05, 0) is 51.9 Å². The number of hydrogen-bond donors (Lipinski definition) is 1. The first kappa shape index (κ1) is 26.5. The van der Waals surface area contributed by atoms with Crippen LogP contribution in [0.3, 0.4) is 0 Å². The van der Waals surface area contributed by atoms with Crippen molar-refractivity contribution in [3.8, 4) is 11.4 Å². The average molecular weight is 582 g/mol. The van der Waals surface area contributed by atoms with Gasteiger partial charge in [0.25, 0.3) is 5.91 Å². The number of nitrogens with one attached hydrogen (secondary N) is 1. The molecule has 0 fully saturated rings. The lowest BCUT2D eigenvalue weighted by molar-refractivity contribution is -0.672. The van der Waals surface area contributed by atoms with Crippen molar-refractivity contribution in [2.75, 3.05) is 17.8 Å². The van der Waals surface area contributed by atoms with E-state index in [4.69, 9.17) is 32.5 Å². The smallest absolute Gasteiger partial charge is 0.438 e. The molecule has 196 valence electrons. The van der Waals surface area contributed by atoms with Crippen LogP contribution >= 0.6 is 35.0 Å². The number of rotatable bonds is 7. The third-order valence-corrected chi connectivity index (χ3v) is 7.46. The molecule has 0 atom stereocenters. The van der Waals surface area contributed by atoms with Gasteiger partial charge >= 0.3 is 11.3 Å². The van der Waals surface area contributed by atoms with Crippen molar-refractivity contribution < 1.29 is 23.5 Å². The highest BCUT2D eigenvalue weighted by atomic mass is 35.5. The van der Waals surface area contributed by atoms with E-state index in [1.165, 1.54) is 16.7 Å². The quantitative estimate of drug-likeness (QED) is 0.188. The van der Waals surface area contributed by atoms with Crippen LogP contribution in [0.4, 0.5) is 5.69 Å². The number of amidine groups is 1. The second-order valence-electron chi connectivity index (χ2n) is 8.12. The molecule has 5 rings (SSSR count). The van der Waals surface area contributed by atoms with Gasteiger partial charge < -0.3 is 4.74 Å². The van der Waals surface area contributed by atoms with E-state index in [9.17, 15) is 14.4 Å². The van der Waals surface area contributed by atoms with E-state index < -0.39 is 17.3 Å². The number of anilines is 1. The number of hydrogen-bond acceptors (Lipinski definition) is 7. The van der Waals surface area contributed by atoms with Crippen LogP contribution in [-0.2, 0) is 4.79 Å². The Morgan fingerprint density at radius 2 is 1.82 bits per heavy atom. The van der Waals surface area contributed by atoms with Crippen molar-refractivity contribution in [3.05, 3.63) is 110 Å². The molecule has 0 spiro atoms. The van der Waals surface area contributed by atoms with Gasteiger partial charge in [0.15, 0.2) is 5.17 Å². The maximum absolute atomic E-state index is 13.4. The largest absolute Gasteiger partial charge is 0.497 e. The highest BCUT2D eigenvalue weighted by molar-refractivity contribution is 8.14. The summed E-state index contributed by atoms with van der Waals surface area (Å²) in [6, 6.07) is 20.7. The minimum Gasteiger partial charge on any atom is -0.497 e. The zero-order chi connectivity index (χ0) is 27.5. The number of Topliss-reactive ketones (excluding diaryl/α,β-unsaturated/α-hetero) is 1. The van der Waals surface area contributed by atoms with Crippen molar-refractivity contribution in [3.63, 3.8) is 0 Å². The summed E-state index contributed by atoms with van der Waals surface area (Å²) in [4.78, 5) is 45.0. The van der Waals surface area contributed by atoms with E-state index in [0.29, 0.717) is 32.7 Å². The van der Waals surface area contributed by atoms with E-state index in [0.717, 1.165) is 11.8 Å². The molecule has 1 amide bonds. The summed E-state index contributed by atoms with van der Waals surface area (Å²) < 4.78 is 11.3. The predicted octanol–water partition coefficient (Wildman–Crippen LogP) is 4.92. The van der Waals surface area contributed by atoms with Gasteiger partial charge in [-0.3, -0.25) is 19.0 Å². The van der Waals surface area contributed by atoms with Crippen LogP contribution in [0.5, 0.6) is 5.75 Å². The first-order valence-electron chi connectivity index (χ1n) is 11.4. The number of aromatic nitrogens is 2. The molecule has 12 heteroatoms. The molecule has 1 N–H and O–H groups in total. The van der Waals surface area contributed by atoms with Crippen molar-refractivity contribution in [2.24, 2.45) is 4.99 Å². The van der Waals surface area contributed by atoms with Crippen molar-refractivity contribution in [2.45, 2.75) is 0 Å². The van der Waals surface area contributed by atoms with Crippen LogP contribution in [0.25, 0.3) is 11.8 Å². The standard InChI is InChI=1S/C27H18Cl2N4O5S/c1-37-19-12-10-18(11-13-19)33-24(26(36)38-31-33)22(34)15-39-27-30-21(14-16-6-5-9-20(28)23(16)29)25(35)32(27)17-7-3-2-4-8-17/h2-14H,15H2,1H3/p+1/b21-14+. The fraction of sp³-hybridized carbons (Fsp3) is 0.0741. The molecule has 0 saturated heterocycles. The summed E-state index contributed by atoms with van der Waals surface area (Å²) >= 11 is 13.5. The van der Waals surface area contributed by atoms with Crippen LogP contribution < -0.4 is 19.9 Å². The number of benzene rings is 3. The lowest BCUT2D eigenvalue weighted by Crippen LogP contribution is -2.41. The molecule has 0 unspecified atom stereocenters. The van der Waals surface area contributed by atoms with E-state index in [2.05, 4.69) is 10.3 Å². The molecule has 1 aliphatic heterocycles. The fourth-order valence-electron chi connectivity index (χ4n) is 3.80. The first-order chi connectivity index (χ1) is 18.9. The molecule has 4 aromatic rings. The molecule has 3 aromatic carbocycles. The lowest BCUT2D eigenvalue weighted by atomic mass is 10.2. The molecule has 0 bridgehead atoms. The molecular weight excluding hydrogens is 563 g/mol. The van der Waals surface area contributed by atoms with Gasteiger partial charge in [-0.2, -0.15) is 0 Å². The highest BCUT2D eigenvalue weighted by Gasteiger charge is 2.35. The number of aliphatic imine (C=N–C) groups is 1. The van der Waals surface area contributed by atoms with Crippen LogP contribution in [0, 0.1) is 0 Å². The van der Waals surface area contributed by atoms with Crippen LogP contribution in [0.1, 0.15) is 16.1 Å². The molecule has 1 aliphatic rings. The van der Waals surface area contributed by atoms with Gasteiger partial charge in [0.05, 0.1) is 28.6 Å². The van der Waals surface area contributed by atoms with Crippen LogP contribution in [-0.4, -0.2) is 35.0 Å². The SMILES string of the molecule is COc1ccc(-[n+]2[nH]oc(=O)c2C(=O)CSC2=N/C(=C/c3cccc(Cl)c3Cl)C(=O)N2c2ccccc2)cc1. The van der Waals surface area contributed by atoms with Gasteiger partial charge in [0.1, 0.15) is 11.4 Å². The number of halogens is 2. The number of ketones is 1. The number of aromatic amines is 1. The summed E-state index contributed by atoms with van der Waals surface area (Å²) in [5, 5.41) is 3.35. The number of thioether (sulfide) groups is 1. The van der Waals surface area contributed by atoms with Gasteiger partial charge in [0.2, 0.25) is 11.5 Å². The summed E-state index contributed by atoms with van der Waals surface area (Å²) in [6.45, 7) is 0. The zero-order valence-corrected chi connectivity index (χ0v) is 22.6. The third-order valence-electron chi connectivity index (χ3n) is 5.69. The first-order valence-corrected chi connectivity index (χ1v) is 13.2. The summed E-state index contributed by atoms with van der Waals surface area (Å²) in [7, 11) is 1.54. The Morgan fingerprint density at radius 3 is 2.54 bits per heavy atom. The van der Waals surface area contributed by atoms with Gasteiger partial charge in [-0.15, -0.1) is 0 Å². The van der Waals surface area contributed by atoms with Crippen LogP contribution in [0.15, 0.2) is 92.8 Å². The monoisotopic (exact) mass is 581 g/mol. The second-order valence-corrected chi connectivity index (χ2v) is 9.85. The number of H-pyrrole nitrogens is 1. The number of nitrogens with zero attached hydrogens (tertiary/aromatic N) is 3. The van der Waals surface area contributed by atoms with Gasteiger partial charge in [0, 0.05) is 12.1 Å². The summed E-state index contributed by atoms with van der Waals surface area (Å²) in [5.41, 5.74) is 0.681. The molecule has 0 saturated carbocycles. The number of methoxy groups -OCH3 is 1. The minimum absolute atomic E-state index is 0.118. The molecule has 9 nitrogen and oxygen atoms in total. The Bertz CT molecular complexity index is 1680. The molecule has 0 aliphatic carbocycles. The number of ether oxygens (including phenoxy) is 1. The van der Waals surface area contributed by atoms with E-state index >= 15 is 0 Å².